The molecule has 18 heavy (non-hydrogen) atoms. The first-order valence-corrected chi connectivity index (χ1v) is 7.36. The molecule has 3 nitrogen and oxygen atoms in total. The number of nitrogen functional groups attached to an aromatic ring is 1. The molecule has 1 aromatic rings. The van der Waals surface area contributed by atoms with Crippen molar-refractivity contribution >= 4 is 5.82 Å². The normalized spacial score (nSPS) is 30.5. The number of hydrogen-bond donors (Lipinski definition) is 1. The Hall–Kier alpha value is -0.990. The van der Waals surface area contributed by atoms with Crippen molar-refractivity contribution in [3.8, 4) is 0 Å². The Morgan fingerprint density at radius 1 is 1.33 bits per heavy atom. The minimum absolute atomic E-state index is 0.602. The van der Waals surface area contributed by atoms with Crippen LogP contribution in [0.2, 0.25) is 0 Å². The minimum Gasteiger partial charge on any atom is -0.381 e. The van der Waals surface area contributed by atoms with Crippen molar-refractivity contribution in [1.82, 2.24) is 5.16 Å². The quantitative estimate of drug-likeness (QED) is 0.888. The Bertz CT molecular complexity index is 424. The zero-order valence-corrected chi connectivity index (χ0v) is 11.5. The maximum atomic E-state index is 5.93. The molecule has 0 radical (unpaired) electrons. The van der Waals surface area contributed by atoms with Gasteiger partial charge in [0.2, 0.25) is 0 Å². The lowest BCUT2D eigenvalue weighted by Gasteiger charge is -2.20. The molecule has 3 rings (SSSR count). The van der Waals surface area contributed by atoms with Crippen molar-refractivity contribution < 1.29 is 4.52 Å². The smallest absolute Gasteiger partial charge is 0.170 e. The van der Waals surface area contributed by atoms with Gasteiger partial charge in [-0.25, -0.2) is 0 Å². The van der Waals surface area contributed by atoms with Crippen LogP contribution in [0.3, 0.4) is 0 Å². The van der Waals surface area contributed by atoms with Gasteiger partial charge in [0.1, 0.15) is 5.76 Å². The lowest BCUT2D eigenvalue weighted by molar-refractivity contribution is 0.291. The number of anilines is 1. The third-order valence-electron chi connectivity index (χ3n) is 4.84. The number of nitrogens with two attached hydrogens (primary N) is 1. The molecule has 2 fully saturated rings. The van der Waals surface area contributed by atoms with Gasteiger partial charge in [0.25, 0.3) is 0 Å². The Morgan fingerprint density at radius 3 is 2.78 bits per heavy atom. The van der Waals surface area contributed by atoms with Gasteiger partial charge in [-0.3, -0.25) is 0 Å². The van der Waals surface area contributed by atoms with Crippen LogP contribution in [-0.4, -0.2) is 5.16 Å². The van der Waals surface area contributed by atoms with E-state index in [0.717, 1.165) is 36.4 Å². The van der Waals surface area contributed by atoms with Gasteiger partial charge in [-0.2, -0.15) is 0 Å². The summed E-state index contributed by atoms with van der Waals surface area (Å²) in [4.78, 5) is 0. The van der Waals surface area contributed by atoms with E-state index in [0.29, 0.717) is 11.7 Å². The molecule has 3 atom stereocenters. The second kappa shape index (κ2) is 4.60. The summed E-state index contributed by atoms with van der Waals surface area (Å²) in [6.07, 6.45) is 7.79. The van der Waals surface area contributed by atoms with Crippen molar-refractivity contribution in [1.29, 1.82) is 0 Å². The summed E-state index contributed by atoms with van der Waals surface area (Å²) in [6.45, 7) is 4.43. The second-order valence-electron chi connectivity index (χ2n) is 6.71. The molecular formula is C15H24N2O. The molecule has 2 bridgehead atoms. The Morgan fingerprint density at radius 2 is 2.17 bits per heavy atom. The Labute approximate surface area is 109 Å². The van der Waals surface area contributed by atoms with E-state index in [1.165, 1.54) is 31.2 Å². The zero-order chi connectivity index (χ0) is 12.7. The van der Waals surface area contributed by atoms with E-state index in [1.54, 1.807) is 0 Å². The third kappa shape index (κ3) is 2.15. The van der Waals surface area contributed by atoms with Gasteiger partial charge in [0, 0.05) is 12.0 Å². The molecule has 1 aromatic heterocycles. The van der Waals surface area contributed by atoms with Crippen LogP contribution < -0.4 is 5.73 Å². The molecule has 0 aromatic carbocycles. The molecule has 0 spiro atoms. The molecule has 0 amide bonds. The van der Waals surface area contributed by atoms with E-state index >= 15 is 0 Å². The van der Waals surface area contributed by atoms with Gasteiger partial charge in [-0.15, -0.1) is 0 Å². The number of fused-ring (bicyclic) bond motifs is 2. The standard InChI is InChI=1S/C15H24N2O/c1-9(2)5-13-14(18-17-15(13)16)8-12-7-10-3-4-11(12)6-10/h9-12H,3-8H2,1-2H3,(H2,16,17). The molecule has 3 unspecified atom stereocenters. The van der Waals surface area contributed by atoms with E-state index in [1.807, 2.05) is 0 Å². The van der Waals surface area contributed by atoms with Gasteiger partial charge in [0.15, 0.2) is 5.82 Å². The molecule has 0 aliphatic heterocycles. The summed E-state index contributed by atoms with van der Waals surface area (Å²) < 4.78 is 5.49. The first-order valence-electron chi connectivity index (χ1n) is 7.36. The highest BCUT2D eigenvalue weighted by molar-refractivity contribution is 5.40. The van der Waals surface area contributed by atoms with Crippen LogP contribution in [0.1, 0.15) is 50.9 Å². The van der Waals surface area contributed by atoms with Gasteiger partial charge in [-0.05, 0) is 49.4 Å². The van der Waals surface area contributed by atoms with Crippen LogP contribution in [0.25, 0.3) is 0 Å². The highest BCUT2D eigenvalue weighted by Gasteiger charge is 2.40. The number of aromatic nitrogens is 1. The molecule has 2 aliphatic rings. The summed E-state index contributed by atoms with van der Waals surface area (Å²) in [7, 11) is 0. The van der Waals surface area contributed by atoms with Crippen molar-refractivity contribution in [3.05, 3.63) is 11.3 Å². The van der Waals surface area contributed by atoms with E-state index in [-0.39, 0.29) is 0 Å². The zero-order valence-electron chi connectivity index (χ0n) is 11.5. The van der Waals surface area contributed by atoms with Crippen LogP contribution >= 0.6 is 0 Å². The minimum atomic E-state index is 0.602. The Kier molecular flexibility index (Phi) is 3.08. The molecule has 0 saturated heterocycles. The molecule has 2 aliphatic carbocycles. The predicted molar refractivity (Wildman–Crippen MR) is 72.1 cm³/mol. The maximum absolute atomic E-state index is 5.93. The molecule has 100 valence electrons. The maximum Gasteiger partial charge on any atom is 0.170 e. The van der Waals surface area contributed by atoms with E-state index in [2.05, 4.69) is 19.0 Å². The first-order chi connectivity index (χ1) is 8.63. The predicted octanol–water partition coefficient (Wildman–Crippen LogP) is 3.43. The van der Waals surface area contributed by atoms with Gasteiger partial charge in [-0.1, -0.05) is 25.4 Å². The second-order valence-corrected chi connectivity index (χ2v) is 6.71. The van der Waals surface area contributed by atoms with Gasteiger partial charge < -0.3 is 10.3 Å². The highest BCUT2D eigenvalue weighted by Crippen LogP contribution is 2.49. The topological polar surface area (TPSA) is 52.0 Å². The monoisotopic (exact) mass is 248 g/mol. The van der Waals surface area contributed by atoms with Crippen molar-refractivity contribution in [2.24, 2.45) is 23.7 Å². The van der Waals surface area contributed by atoms with Crippen molar-refractivity contribution in [3.63, 3.8) is 0 Å². The van der Waals surface area contributed by atoms with E-state index < -0.39 is 0 Å². The average Bonchev–Trinajstić information content (AvgIpc) is 2.99. The molecule has 3 heteroatoms. The summed E-state index contributed by atoms with van der Waals surface area (Å²) in [6, 6.07) is 0. The largest absolute Gasteiger partial charge is 0.381 e. The van der Waals surface area contributed by atoms with Crippen LogP contribution in [0, 0.1) is 23.7 Å². The molecule has 2 saturated carbocycles. The summed E-state index contributed by atoms with van der Waals surface area (Å²) in [5, 5.41) is 3.98. The molecular weight excluding hydrogens is 224 g/mol. The molecule has 1 heterocycles. The lowest BCUT2D eigenvalue weighted by Crippen LogP contribution is -2.14. The van der Waals surface area contributed by atoms with Crippen LogP contribution in [0.15, 0.2) is 4.52 Å². The van der Waals surface area contributed by atoms with Crippen molar-refractivity contribution in [2.75, 3.05) is 5.73 Å². The van der Waals surface area contributed by atoms with Crippen molar-refractivity contribution in [2.45, 2.75) is 52.4 Å². The van der Waals surface area contributed by atoms with Gasteiger partial charge in [0.05, 0.1) is 0 Å². The average molecular weight is 248 g/mol. The number of nitrogens with zero attached hydrogens (tertiary/aromatic N) is 1. The number of hydrogen-bond acceptors (Lipinski definition) is 3. The SMILES string of the molecule is CC(C)Cc1c(N)noc1CC1CC2CCC1C2. The van der Waals surface area contributed by atoms with Gasteiger partial charge >= 0.3 is 0 Å². The van der Waals surface area contributed by atoms with E-state index in [9.17, 15) is 0 Å². The number of rotatable bonds is 4. The first kappa shape index (κ1) is 12.1. The van der Waals surface area contributed by atoms with Crippen LogP contribution in [-0.2, 0) is 12.8 Å². The third-order valence-corrected chi connectivity index (χ3v) is 4.84. The fraction of sp³-hybridized carbons (Fsp3) is 0.800. The highest BCUT2D eigenvalue weighted by atomic mass is 16.5. The fourth-order valence-corrected chi connectivity index (χ4v) is 4.01. The van der Waals surface area contributed by atoms with Crippen LogP contribution in [0.5, 0.6) is 0 Å². The van der Waals surface area contributed by atoms with Crippen LogP contribution in [0.4, 0.5) is 5.82 Å². The summed E-state index contributed by atoms with van der Waals surface area (Å²) in [5.74, 6) is 5.04. The lowest BCUT2D eigenvalue weighted by atomic mass is 9.84. The van der Waals surface area contributed by atoms with E-state index in [4.69, 9.17) is 10.3 Å². The molecule has 2 N–H and O–H groups in total. The fourth-order valence-electron chi connectivity index (χ4n) is 4.01. The Balaban J connectivity index is 1.72. The summed E-state index contributed by atoms with van der Waals surface area (Å²) in [5.41, 5.74) is 7.11. The summed E-state index contributed by atoms with van der Waals surface area (Å²) >= 11 is 0.